The van der Waals surface area contributed by atoms with Gasteiger partial charge in [-0.1, -0.05) is 36.4 Å². The number of hydrogen-bond donors (Lipinski definition) is 2. The Morgan fingerprint density at radius 2 is 1.66 bits per heavy atom. The molecule has 3 nitrogen and oxygen atoms in total. The van der Waals surface area contributed by atoms with Crippen LogP contribution in [0, 0.1) is 29.4 Å². The van der Waals surface area contributed by atoms with Gasteiger partial charge in [-0.05, 0) is 84.4 Å². The molecule has 6 rings (SSSR count). The highest BCUT2D eigenvalue weighted by Crippen LogP contribution is 2.63. The largest absolute Gasteiger partial charge is 0.378 e. The predicted molar refractivity (Wildman–Crippen MR) is 121 cm³/mol. The molecule has 5 atom stereocenters. The molecule has 162 valence electrons. The van der Waals surface area contributed by atoms with E-state index < -0.39 is 23.2 Å². The van der Waals surface area contributed by atoms with Gasteiger partial charge in [0.05, 0.1) is 6.04 Å². The molecule has 0 radical (unpaired) electrons. The first-order chi connectivity index (χ1) is 15.6. The van der Waals surface area contributed by atoms with Crippen LogP contribution in [0.5, 0.6) is 0 Å². The summed E-state index contributed by atoms with van der Waals surface area (Å²) in [6.45, 7) is 0. The Kier molecular flexibility index (Phi) is 4.53. The first kappa shape index (κ1) is 19.5. The van der Waals surface area contributed by atoms with Crippen LogP contribution < -0.4 is 10.6 Å². The second-order valence-corrected chi connectivity index (χ2v) is 9.32. The van der Waals surface area contributed by atoms with Crippen molar-refractivity contribution in [1.29, 1.82) is 0 Å². The fraction of sp³-hybridized carbons (Fsp3) is 0.296. The molecule has 2 fully saturated rings. The smallest absolute Gasteiger partial charge is 0.255 e. The predicted octanol–water partition coefficient (Wildman–Crippen LogP) is 6.51. The fourth-order valence-corrected chi connectivity index (χ4v) is 6.42. The van der Waals surface area contributed by atoms with Gasteiger partial charge in [-0.2, -0.15) is 0 Å². The number of benzene rings is 3. The zero-order chi connectivity index (χ0) is 21.8. The van der Waals surface area contributed by atoms with Gasteiger partial charge < -0.3 is 10.6 Å². The second-order valence-electron chi connectivity index (χ2n) is 9.32. The molecule has 1 heterocycles. The highest BCUT2D eigenvalue weighted by atomic mass is 19.1. The minimum Gasteiger partial charge on any atom is -0.378 e. The molecule has 2 aliphatic carbocycles. The highest BCUT2D eigenvalue weighted by molar-refractivity contribution is 6.04. The number of nitrogens with one attached hydrogen (secondary N) is 2. The molecular formula is C27H24F2N2O. The molecule has 2 N–H and O–H groups in total. The van der Waals surface area contributed by atoms with E-state index in [0.29, 0.717) is 29.2 Å². The number of anilines is 2. The minimum atomic E-state index is -0.781. The number of amides is 1. The van der Waals surface area contributed by atoms with Crippen LogP contribution in [0.25, 0.3) is 0 Å². The number of carbonyl (C=O) groups excluding carboxylic acids is 1. The summed E-state index contributed by atoms with van der Waals surface area (Å²) in [5.41, 5.74) is 3.54. The van der Waals surface area contributed by atoms with Crippen molar-refractivity contribution in [3.8, 4) is 0 Å². The molecule has 3 aromatic rings. The van der Waals surface area contributed by atoms with Crippen LogP contribution in [-0.2, 0) is 0 Å². The van der Waals surface area contributed by atoms with E-state index in [1.807, 2.05) is 18.2 Å². The molecule has 5 heteroatoms. The van der Waals surface area contributed by atoms with Crippen LogP contribution in [0.1, 0.15) is 52.7 Å². The Bertz CT molecular complexity index is 1180. The average molecular weight is 430 g/mol. The molecule has 32 heavy (non-hydrogen) atoms. The first-order valence-electron chi connectivity index (χ1n) is 11.3. The van der Waals surface area contributed by atoms with Crippen molar-refractivity contribution in [2.24, 2.45) is 17.8 Å². The summed E-state index contributed by atoms with van der Waals surface area (Å²) in [5, 5.41) is 6.17. The highest BCUT2D eigenvalue weighted by Gasteiger charge is 2.53. The van der Waals surface area contributed by atoms with Crippen molar-refractivity contribution in [3.63, 3.8) is 0 Å². The zero-order valence-corrected chi connectivity index (χ0v) is 17.5. The molecule has 1 amide bonds. The van der Waals surface area contributed by atoms with Crippen molar-refractivity contribution >= 4 is 17.3 Å². The summed E-state index contributed by atoms with van der Waals surface area (Å²) >= 11 is 0. The third-order valence-corrected chi connectivity index (χ3v) is 7.71. The van der Waals surface area contributed by atoms with Gasteiger partial charge in [-0.25, -0.2) is 8.78 Å². The minimum absolute atomic E-state index is 0.260. The summed E-state index contributed by atoms with van der Waals surface area (Å²) in [4.78, 5) is 12.9. The number of hydrogen-bond acceptors (Lipinski definition) is 2. The number of rotatable bonds is 3. The molecular weight excluding hydrogens is 406 g/mol. The molecule has 3 aliphatic rings. The SMILES string of the molecule is O=C(Nc1c(F)cccc1F)c1ccc2c(c1)[C@@H]1[C@H]3CC[C@@H](C3)[C@@H]1[C@H](c1ccccc1)N2. The van der Waals surface area contributed by atoms with Crippen molar-refractivity contribution < 1.29 is 13.6 Å². The van der Waals surface area contributed by atoms with Gasteiger partial charge in [0.1, 0.15) is 17.3 Å². The molecule has 0 aromatic heterocycles. The molecule has 3 aromatic carbocycles. The topological polar surface area (TPSA) is 41.1 Å². The van der Waals surface area contributed by atoms with Gasteiger partial charge in [0.15, 0.2) is 0 Å². The lowest BCUT2D eigenvalue weighted by atomic mass is 9.68. The third-order valence-electron chi connectivity index (χ3n) is 7.71. The van der Waals surface area contributed by atoms with Gasteiger partial charge in [0.25, 0.3) is 5.91 Å². The summed E-state index contributed by atoms with van der Waals surface area (Å²) in [6.07, 6.45) is 3.72. The van der Waals surface area contributed by atoms with Gasteiger partial charge >= 0.3 is 0 Å². The Labute approximate surface area is 185 Å². The van der Waals surface area contributed by atoms with Crippen molar-refractivity contribution in [2.75, 3.05) is 10.6 Å². The monoisotopic (exact) mass is 430 g/mol. The average Bonchev–Trinajstić information content (AvgIpc) is 3.44. The molecule has 0 unspecified atom stereocenters. The summed E-state index contributed by atoms with van der Waals surface area (Å²) in [5.74, 6) is 0.134. The lowest BCUT2D eigenvalue weighted by molar-refractivity contribution is 0.102. The van der Waals surface area contributed by atoms with Gasteiger partial charge in [0, 0.05) is 11.3 Å². The molecule has 2 saturated carbocycles. The van der Waals surface area contributed by atoms with Gasteiger partial charge in [-0.15, -0.1) is 0 Å². The van der Waals surface area contributed by atoms with Crippen molar-refractivity contribution in [1.82, 2.24) is 0 Å². The van der Waals surface area contributed by atoms with E-state index in [1.54, 1.807) is 6.07 Å². The lowest BCUT2D eigenvalue weighted by Crippen LogP contribution is -2.35. The van der Waals surface area contributed by atoms with E-state index in [0.717, 1.165) is 23.4 Å². The maximum Gasteiger partial charge on any atom is 0.255 e. The summed E-state index contributed by atoms with van der Waals surface area (Å²) < 4.78 is 28.0. The molecule has 0 spiro atoms. The number of fused-ring (bicyclic) bond motifs is 7. The van der Waals surface area contributed by atoms with E-state index in [2.05, 4.69) is 34.9 Å². The van der Waals surface area contributed by atoms with Crippen LogP contribution in [0.3, 0.4) is 0 Å². The van der Waals surface area contributed by atoms with Crippen LogP contribution >= 0.6 is 0 Å². The van der Waals surface area contributed by atoms with Crippen molar-refractivity contribution in [2.45, 2.75) is 31.2 Å². The molecule has 2 bridgehead atoms. The Hall–Kier alpha value is -3.21. The maximum absolute atomic E-state index is 14.0. The quantitative estimate of drug-likeness (QED) is 0.497. The second kappa shape index (κ2) is 7.44. The Balaban J connectivity index is 1.36. The standard InChI is InChI=1S/C27H24F2N2O/c28-20-7-4-8-21(29)26(20)31-27(32)18-11-12-22-19(14-18)23-16-9-10-17(13-16)24(23)25(30-22)15-5-2-1-3-6-15/h1-8,11-12,14,16-17,23-25,30H,9-10,13H2,(H,31,32)/t16-,17-,23-,24-,25-/m0/s1. The molecule has 1 aliphatic heterocycles. The van der Waals surface area contributed by atoms with Crippen molar-refractivity contribution in [3.05, 3.63) is 95.1 Å². The summed E-state index contributed by atoms with van der Waals surface area (Å²) in [6, 6.07) is 20.0. The summed E-state index contributed by atoms with van der Waals surface area (Å²) in [7, 11) is 0. The zero-order valence-electron chi connectivity index (χ0n) is 17.5. The lowest BCUT2D eigenvalue weighted by Gasteiger charge is -2.43. The van der Waals surface area contributed by atoms with E-state index in [9.17, 15) is 13.6 Å². The van der Waals surface area contributed by atoms with Gasteiger partial charge in [0.2, 0.25) is 0 Å². The number of para-hydroxylation sites is 1. The van der Waals surface area contributed by atoms with Crippen LogP contribution in [0.15, 0.2) is 66.7 Å². The van der Waals surface area contributed by atoms with E-state index >= 15 is 0 Å². The normalized spacial score (nSPS) is 27.4. The number of carbonyl (C=O) groups is 1. The van der Waals surface area contributed by atoms with Gasteiger partial charge in [-0.3, -0.25) is 4.79 Å². The van der Waals surface area contributed by atoms with Crippen LogP contribution in [0.2, 0.25) is 0 Å². The van der Waals surface area contributed by atoms with E-state index in [-0.39, 0.29) is 6.04 Å². The molecule has 0 saturated heterocycles. The van der Waals surface area contributed by atoms with Crippen LogP contribution in [0.4, 0.5) is 20.2 Å². The Morgan fingerprint density at radius 3 is 2.44 bits per heavy atom. The number of halogens is 2. The Morgan fingerprint density at radius 1 is 0.906 bits per heavy atom. The van der Waals surface area contributed by atoms with E-state index in [4.69, 9.17) is 0 Å². The fourth-order valence-electron chi connectivity index (χ4n) is 6.42. The van der Waals surface area contributed by atoms with Crippen LogP contribution in [-0.4, -0.2) is 5.91 Å². The van der Waals surface area contributed by atoms with E-state index in [1.165, 1.54) is 30.9 Å². The maximum atomic E-state index is 14.0. The first-order valence-corrected chi connectivity index (χ1v) is 11.3. The third kappa shape index (κ3) is 3.02.